The summed E-state index contributed by atoms with van der Waals surface area (Å²) in [6.45, 7) is 4.23. The molecule has 0 unspecified atom stereocenters. The summed E-state index contributed by atoms with van der Waals surface area (Å²) in [5.74, 6) is -12.2. The van der Waals surface area contributed by atoms with E-state index in [2.05, 4.69) is 52.5 Å². The van der Waals surface area contributed by atoms with Gasteiger partial charge in [-0.1, -0.05) is 46.2 Å². The van der Waals surface area contributed by atoms with Crippen LogP contribution in [0.15, 0.2) is 34.3 Å². The molecule has 29 nitrogen and oxygen atoms in total. The summed E-state index contributed by atoms with van der Waals surface area (Å²) in [7, 11) is 0. The molecule has 0 aliphatic carbocycles. The highest BCUT2D eigenvalue weighted by Gasteiger charge is 2.35. The SMILES string of the molecule is CC[C@H](C)[C@H](NC(=O)[C@H](Cc1ccc(O)cc1)NC(=O)[C@@H](NC(=O)[C@H](CC(=O)O)NC(=O)CNC(=O)[C@@H](N)CCCN=C(N)N)C(C)C)C(=O)NCC(=O)N[C@@H](CO)C(=O)N[C@@H](CCCN=C(N)N)C(=O)O. The van der Waals surface area contributed by atoms with Crippen molar-refractivity contribution < 1.29 is 68.4 Å². The first-order valence-electron chi connectivity index (χ1n) is 22.8. The molecule has 0 spiro atoms. The van der Waals surface area contributed by atoms with Gasteiger partial charge in [-0.15, -0.1) is 0 Å². The van der Waals surface area contributed by atoms with Crippen LogP contribution in [0.5, 0.6) is 5.75 Å². The van der Waals surface area contributed by atoms with E-state index >= 15 is 0 Å². The summed E-state index contributed by atoms with van der Waals surface area (Å²) in [5.41, 5.74) is 27.3. The molecule has 1 rings (SSSR count). The molecule has 0 fully saturated rings. The Morgan fingerprint density at radius 2 is 1.08 bits per heavy atom. The van der Waals surface area contributed by atoms with Gasteiger partial charge in [-0.05, 0) is 55.2 Å². The van der Waals surface area contributed by atoms with Gasteiger partial charge in [-0.2, -0.15) is 0 Å². The fourth-order valence-electron chi connectivity index (χ4n) is 6.41. The molecule has 22 N–H and O–H groups in total. The van der Waals surface area contributed by atoms with Crippen molar-refractivity contribution in [2.45, 2.75) is 115 Å². The number of aliphatic hydroxyl groups excluding tert-OH is 1. The molecule has 1 aromatic carbocycles. The van der Waals surface area contributed by atoms with Crippen LogP contribution in [0.4, 0.5) is 0 Å². The van der Waals surface area contributed by atoms with Gasteiger partial charge in [0.1, 0.15) is 42.0 Å². The second kappa shape index (κ2) is 32.1. The lowest BCUT2D eigenvalue weighted by Crippen LogP contribution is -2.61. The van der Waals surface area contributed by atoms with Crippen molar-refractivity contribution in [2.24, 2.45) is 50.5 Å². The number of carboxylic acids is 2. The van der Waals surface area contributed by atoms with E-state index in [9.17, 15) is 68.4 Å². The number of hydrogen-bond donors (Lipinski definition) is 17. The van der Waals surface area contributed by atoms with Crippen LogP contribution < -0.4 is 71.2 Å². The van der Waals surface area contributed by atoms with E-state index in [0.717, 1.165) is 0 Å². The predicted molar refractivity (Wildman–Crippen MR) is 258 cm³/mol. The molecule has 8 amide bonds. The number of carboxylic acid groups (broad SMARTS) is 2. The largest absolute Gasteiger partial charge is 0.508 e. The van der Waals surface area contributed by atoms with E-state index in [0.29, 0.717) is 18.4 Å². The average molecular weight is 1020 g/mol. The van der Waals surface area contributed by atoms with Gasteiger partial charge in [-0.3, -0.25) is 53.1 Å². The van der Waals surface area contributed by atoms with Crippen molar-refractivity contribution in [3.63, 3.8) is 0 Å². The molecule has 1 aromatic rings. The molecular formula is C43H71N15O14. The Bertz CT molecular complexity index is 2080. The minimum Gasteiger partial charge on any atom is -0.508 e. The molecule has 72 heavy (non-hydrogen) atoms. The van der Waals surface area contributed by atoms with Gasteiger partial charge in [0.15, 0.2) is 11.9 Å². The minimum atomic E-state index is -1.75. The van der Waals surface area contributed by atoms with Gasteiger partial charge >= 0.3 is 11.9 Å². The van der Waals surface area contributed by atoms with Crippen molar-refractivity contribution in [2.75, 3.05) is 32.8 Å². The predicted octanol–water partition coefficient (Wildman–Crippen LogP) is -6.24. The first kappa shape index (κ1) is 62.2. The number of amides is 8. The van der Waals surface area contributed by atoms with Crippen LogP contribution in [0.25, 0.3) is 0 Å². The number of carbonyl (C=O) groups excluding carboxylic acids is 8. The number of benzene rings is 1. The molecule has 0 aliphatic rings. The number of nitrogens with zero attached hydrogens (tertiary/aromatic N) is 2. The summed E-state index contributed by atoms with van der Waals surface area (Å²) >= 11 is 0. The number of guanidine groups is 2. The van der Waals surface area contributed by atoms with E-state index in [4.69, 9.17) is 28.7 Å². The van der Waals surface area contributed by atoms with Gasteiger partial charge in [0.25, 0.3) is 0 Å². The van der Waals surface area contributed by atoms with Crippen LogP contribution in [0.2, 0.25) is 0 Å². The Labute approximate surface area is 415 Å². The van der Waals surface area contributed by atoms with E-state index < -0.39 is 139 Å². The Morgan fingerprint density at radius 1 is 0.597 bits per heavy atom. The first-order chi connectivity index (χ1) is 33.8. The number of aliphatic imine (C=N–C) groups is 2. The normalized spacial score (nSPS) is 14.2. The summed E-state index contributed by atoms with van der Waals surface area (Å²) in [5, 5.41) is 57.6. The number of aromatic hydroxyl groups is 1. The van der Waals surface area contributed by atoms with Gasteiger partial charge in [0, 0.05) is 19.5 Å². The number of nitrogens with one attached hydrogen (secondary N) is 8. The van der Waals surface area contributed by atoms with E-state index in [1.54, 1.807) is 13.8 Å². The Morgan fingerprint density at radius 3 is 1.58 bits per heavy atom. The zero-order chi connectivity index (χ0) is 54.7. The van der Waals surface area contributed by atoms with Crippen LogP contribution in [0, 0.1) is 11.8 Å². The standard InChI is InChI=1S/C43H71N15O14/c1-5-22(4)34(39(69)52-19-31(62)54-29(20-59)38(68)55-26(41(71)72)9-7-15-50-43(47)48)58-36(66)27(16-23-10-12-24(60)13-11-23)56-40(70)33(21(2)3)57-37(67)28(17-32(63)64)53-30(61)18-51-35(65)25(44)8-6-14-49-42(45)46/h10-13,21-22,25-29,33-34,59-60H,5-9,14-20,44H2,1-4H3,(H,51,65)(H,52,69)(H,53,61)(H,54,62)(H,55,68)(H,56,70)(H,57,67)(H,58,66)(H,63,64)(H,71,72)(H4,45,46,49)(H4,47,48,50)/t22-,25-,26-,27-,28-,29-,33-,34-/m0/s1. The Kier molecular flexibility index (Phi) is 27.8. The molecule has 29 heteroatoms. The highest BCUT2D eigenvalue weighted by atomic mass is 16.4. The summed E-state index contributed by atoms with van der Waals surface area (Å²) in [4.78, 5) is 137. The number of phenolic OH excluding ortho intramolecular Hbond substituents is 1. The van der Waals surface area contributed by atoms with Crippen molar-refractivity contribution in [3.05, 3.63) is 29.8 Å². The minimum absolute atomic E-state index is 0.0726. The fraction of sp³-hybridized carbons (Fsp3) is 0.581. The number of aliphatic carboxylic acids is 2. The summed E-state index contributed by atoms with van der Waals surface area (Å²) < 4.78 is 0. The number of rotatable bonds is 33. The second-order valence-corrected chi connectivity index (χ2v) is 16.9. The number of aliphatic hydroxyl groups is 1. The van der Waals surface area contributed by atoms with Crippen LogP contribution in [0.1, 0.15) is 71.8 Å². The third-order valence-electron chi connectivity index (χ3n) is 10.6. The highest BCUT2D eigenvalue weighted by molar-refractivity contribution is 5.98. The number of carbonyl (C=O) groups is 10. The number of phenols is 1. The third-order valence-corrected chi connectivity index (χ3v) is 10.6. The third kappa shape index (κ3) is 24.1. The maximum Gasteiger partial charge on any atom is 0.326 e. The molecule has 0 heterocycles. The number of hydrogen-bond acceptors (Lipinski definition) is 15. The molecule has 0 bridgehead atoms. The zero-order valence-electron chi connectivity index (χ0n) is 40.6. The molecule has 0 saturated heterocycles. The van der Waals surface area contributed by atoms with Crippen LogP contribution >= 0.6 is 0 Å². The van der Waals surface area contributed by atoms with Crippen LogP contribution in [0.3, 0.4) is 0 Å². The lowest BCUT2D eigenvalue weighted by Gasteiger charge is -2.29. The van der Waals surface area contributed by atoms with Crippen LogP contribution in [-0.2, 0) is 54.4 Å². The topological polar surface area (TPSA) is 503 Å². The molecule has 0 radical (unpaired) electrons. The van der Waals surface area contributed by atoms with E-state index in [-0.39, 0.29) is 56.4 Å². The fourth-order valence-corrected chi connectivity index (χ4v) is 6.41. The summed E-state index contributed by atoms with van der Waals surface area (Å²) in [6.07, 6.45) is -0.302. The highest BCUT2D eigenvalue weighted by Crippen LogP contribution is 2.14. The summed E-state index contributed by atoms with van der Waals surface area (Å²) in [6, 6.07) is -4.58. The van der Waals surface area contributed by atoms with Crippen molar-refractivity contribution in [1.82, 2.24) is 42.5 Å². The monoisotopic (exact) mass is 1020 g/mol. The van der Waals surface area contributed by atoms with E-state index in [1.165, 1.54) is 38.1 Å². The Balaban J connectivity index is 3.22. The second-order valence-electron chi connectivity index (χ2n) is 16.9. The van der Waals surface area contributed by atoms with Gasteiger partial charge in [0.05, 0.1) is 32.2 Å². The van der Waals surface area contributed by atoms with E-state index in [1.807, 2.05) is 0 Å². The smallest absolute Gasteiger partial charge is 0.326 e. The quantitative estimate of drug-likeness (QED) is 0.0177. The maximum absolute atomic E-state index is 14.1. The molecule has 0 aliphatic heterocycles. The molecule has 402 valence electrons. The van der Waals surface area contributed by atoms with Crippen molar-refractivity contribution in [3.8, 4) is 5.75 Å². The lowest BCUT2D eigenvalue weighted by molar-refractivity contribution is -0.142. The average Bonchev–Trinajstić information content (AvgIpc) is 3.31. The maximum atomic E-state index is 14.1. The molecular weight excluding hydrogens is 951 g/mol. The molecule has 0 aromatic heterocycles. The molecule has 8 atom stereocenters. The molecule has 0 saturated carbocycles. The van der Waals surface area contributed by atoms with Crippen LogP contribution in [-0.4, -0.2) is 167 Å². The van der Waals surface area contributed by atoms with Gasteiger partial charge in [0.2, 0.25) is 47.3 Å². The van der Waals surface area contributed by atoms with Crippen molar-refractivity contribution >= 4 is 71.1 Å². The zero-order valence-corrected chi connectivity index (χ0v) is 40.6. The van der Waals surface area contributed by atoms with Gasteiger partial charge < -0.3 is 91.6 Å². The number of nitrogens with two attached hydrogens (primary N) is 5. The van der Waals surface area contributed by atoms with Gasteiger partial charge in [-0.25, -0.2) is 4.79 Å². The first-order valence-corrected chi connectivity index (χ1v) is 22.8. The Hall–Kier alpha value is -7.82. The lowest BCUT2D eigenvalue weighted by atomic mass is 9.96. The van der Waals surface area contributed by atoms with Crippen molar-refractivity contribution in [1.29, 1.82) is 0 Å².